The van der Waals surface area contributed by atoms with Gasteiger partial charge in [-0.1, -0.05) is 20.3 Å². The van der Waals surface area contributed by atoms with Gasteiger partial charge in [-0.15, -0.1) is 0 Å². The topological polar surface area (TPSA) is 113 Å². The number of carbonyl (C=O) groups is 3. The van der Waals surface area contributed by atoms with Gasteiger partial charge < -0.3 is 9.47 Å². The fourth-order valence-corrected chi connectivity index (χ4v) is 3.00. The zero-order chi connectivity index (χ0) is 19.0. The van der Waals surface area contributed by atoms with Crippen LogP contribution in [0.4, 0.5) is 0 Å². The summed E-state index contributed by atoms with van der Waals surface area (Å²) in [5.41, 5.74) is -3.88. The van der Waals surface area contributed by atoms with E-state index in [1.54, 1.807) is 27.7 Å². The van der Waals surface area contributed by atoms with Crippen LogP contribution in [-0.4, -0.2) is 42.4 Å². The van der Waals surface area contributed by atoms with E-state index in [-0.39, 0.29) is 26.1 Å². The van der Waals surface area contributed by atoms with E-state index in [2.05, 4.69) is 0 Å². The number of ether oxygens (including phenoxy) is 2. The highest BCUT2D eigenvalue weighted by molar-refractivity contribution is 6.06. The highest BCUT2D eigenvalue weighted by Crippen LogP contribution is 2.47. The molecule has 0 aromatic heterocycles. The van der Waals surface area contributed by atoms with Gasteiger partial charge >= 0.3 is 11.9 Å². The molecule has 0 saturated carbocycles. The average Bonchev–Trinajstić information content (AvgIpc) is 2.52. The van der Waals surface area contributed by atoms with Crippen molar-refractivity contribution in [3.05, 3.63) is 10.1 Å². The summed E-state index contributed by atoms with van der Waals surface area (Å²) in [6.45, 7) is 6.74. The summed E-state index contributed by atoms with van der Waals surface area (Å²) >= 11 is 0. The molecule has 0 aromatic rings. The van der Waals surface area contributed by atoms with Gasteiger partial charge in [0.1, 0.15) is 11.2 Å². The average molecular weight is 345 g/mol. The molecule has 24 heavy (non-hydrogen) atoms. The lowest BCUT2D eigenvalue weighted by Crippen LogP contribution is -2.59. The lowest BCUT2D eigenvalue weighted by molar-refractivity contribution is -0.497. The van der Waals surface area contributed by atoms with Crippen molar-refractivity contribution >= 4 is 17.7 Å². The van der Waals surface area contributed by atoms with E-state index in [9.17, 15) is 24.5 Å². The monoisotopic (exact) mass is 345 g/mol. The molecule has 0 spiro atoms. The number of hydrogen-bond acceptors (Lipinski definition) is 7. The molecule has 0 N–H and O–H groups in total. The quantitative estimate of drug-likeness (QED) is 0.244. The third-order valence-corrected chi connectivity index (χ3v) is 4.26. The first kappa shape index (κ1) is 22.0. The fourth-order valence-electron chi connectivity index (χ4n) is 3.00. The molecule has 0 fully saturated rings. The number of esters is 2. The zero-order valence-corrected chi connectivity index (χ0v) is 15.0. The Hall–Kier alpha value is -1.99. The van der Waals surface area contributed by atoms with Gasteiger partial charge in [-0.05, 0) is 27.2 Å². The largest absolute Gasteiger partial charge is 0.465 e. The van der Waals surface area contributed by atoms with Crippen molar-refractivity contribution in [3.63, 3.8) is 0 Å². The fraction of sp³-hybridized carbons (Fsp3) is 0.812. The van der Waals surface area contributed by atoms with Gasteiger partial charge in [0.25, 0.3) is 0 Å². The van der Waals surface area contributed by atoms with Crippen LogP contribution in [0, 0.1) is 20.9 Å². The molecule has 1 unspecified atom stereocenters. The zero-order valence-electron chi connectivity index (χ0n) is 15.0. The Labute approximate surface area is 142 Å². The van der Waals surface area contributed by atoms with E-state index in [1.165, 1.54) is 6.92 Å². The highest BCUT2D eigenvalue weighted by atomic mass is 16.6. The van der Waals surface area contributed by atoms with Crippen molar-refractivity contribution in [1.29, 1.82) is 0 Å². The molecule has 1 atom stereocenters. The first-order chi connectivity index (χ1) is 11.2. The van der Waals surface area contributed by atoms with Crippen molar-refractivity contribution in [2.75, 3.05) is 19.8 Å². The Morgan fingerprint density at radius 3 is 1.75 bits per heavy atom. The van der Waals surface area contributed by atoms with Crippen LogP contribution in [0.3, 0.4) is 0 Å². The third kappa shape index (κ3) is 4.10. The lowest BCUT2D eigenvalue weighted by Gasteiger charge is -2.40. The SMILES string of the molecule is CCCC(C[N+](=O)[O-])(C(=O)CC)C(C)(C(=O)OCC)C(=O)OCC. The van der Waals surface area contributed by atoms with E-state index in [4.69, 9.17) is 9.47 Å². The summed E-state index contributed by atoms with van der Waals surface area (Å²) in [4.78, 5) is 48.5. The van der Waals surface area contributed by atoms with Gasteiger partial charge in [-0.3, -0.25) is 24.5 Å². The Balaban J connectivity index is 6.52. The number of Topliss-reactive ketones (excluding diaryl/α,β-unsaturated/α-hetero) is 1. The molecule has 0 aliphatic heterocycles. The molecule has 0 radical (unpaired) electrons. The minimum Gasteiger partial charge on any atom is -0.465 e. The lowest BCUT2D eigenvalue weighted by atomic mass is 9.59. The minimum atomic E-state index is -2.07. The Morgan fingerprint density at radius 2 is 1.46 bits per heavy atom. The molecule has 0 aliphatic carbocycles. The standard InChI is InChI=1S/C16H27NO7/c1-6-10-16(11-17(21)22,12(18)7-2)15(5,13(19)23-8-3)14(20)24-9-4/h6-11H2,1-5H3. The Morgan fingerprint density at radius 1 is 1.00 bits per heavy atom. The Bertz CT molecular complexity index is 471. The summed E-state index contributed by atoms with van der Waals surface area (Å²) in [6, 6.07) is 0. The van der Waals surface area contributed by atoms with E-state index >= 15 is 0 Å². The number of nitrogens with zero attached hydrogens (tertiary/aromatic N) is 1. The van der Waals surface area contributed by atoms with Gasteiger partial charge in [-0.25, -0.2) is 0 Å². The molecular weight excluding hydrogens is 318 g/mol. The van der Waals surface area contributed by atoms with Gasteiger partial charge in [0, 0.05) is 11.3 Å². The predicted molar refractivity (Wildman–Crippen MR) is 85.9 cm³/mol. The van der Waals surface area contributed by atoms with Gasteiger partial charge in [0.2, 0.25) is 6.54 Å². The van der Waals surface area contributed by atoms with Crippen LogP contribution in [0.2, 0.25) is 0 Å². The van der Waals surface area contributed by atoms with E-state index in [1.807, 2.05) is 0 Å². The number of ketones is 1. The summed E-state index contributed by atoms with van der Waals surface area (Å²) < 4.78 is 9.98. The van der Waals surface area contributed by atoms with Crippen molar-refractivity contribution < 1.29 is 28.8 Å². The van der Waals surface area contributed by atoms with Crippen LogP contribution in [0.1, 0.15) is 53.9 Å². The molecule has 0 amide bonds. The van der Waals surface area contributed by atoms with Crippen LogP contribution in [0.25, 0.3) is 0 Å². The van der Waals surface area contributed by atoms with Crippen molar-refractivity contribution in [3.8, 4) is 0 Å². The van der Waals surface area contributed by atoms with Crippen LogP contribution in [0.5, 0.6) is 0 Å². The molecular formula is C16H27NO7. The summed E-state index contributed by atoms with van der Waals surface area (Å²) in [5.74, 6) is -2.47. The number of hydrogen-bond donors (Lipinski definition) is 0. The molecule has 0 saturated heterocycles. The second-order valence-electron chi connectivity index (χ2n) is 5.67. The minimum absolute atomic E-state index is 0.00871. The first-order valence-corrected chi connectivity index (χ1v) is 8.17. The maximum absolute atomic E-state index is 12.7. The van der Waals surface area contributed by atoms with Crippen LogP contribution in [0.15, 0.2) is 0 Å². The van der Waals surface area contributed by atoms with Crippen molar-refractivity contribution in [1.82, 2.24) is 0 Å². The summed E-state index contributed by atoms with van der Waals surface area (Å²) in [5, 5.41) is 11.3. The third-order valence-electron chi connectivity index (χ3n) is 4.26. The molecule has 138 valence electrons. The molecule has 0 aromatic carbocycles. The highest BCUT2D eigenvalue weighted by Gasteiger charge is 2.65. The molecule has 0 rings (SSSR count). The predicted octanol–water partition coefficient (Wildman–Crippen LogP) is 2.16. The normalized spacial score (nSPS) is 13.7. The first-order valence-electron chi connectivity index (χ1n) is 8.17. The molecule has 0 aliphatic rings. The van der Waals surface area contributed by atoms with E-state index in [0.29, 0.717) is 6.42 Å². The number of carbonyl (C=O) groups excluding carboxylic acids is 3. The second-order valence-corrected chi connectivity index (χ2v) is 5.67. The molecule has 0 bridgehead atoms. The number of nitro groups is 1. The van der Waals surface area contributed by atoms with Gasteiger partial charge in [-0.2, -0.15) is 0 Å². The number of rotatable bonds is 11. The van der Waals surface area contributed by atoms with E-state index < -0.39 is 40.0 Å². The van der Waals surface area contributed by atoms with Crippen LogP contribution in [-0.2, 0) is 23.9 Å². The van der Waals surface area contributed by atoms with Crippen LogP contribution >= 0.6 is 0 Å². The van der Waals surface area contributed by atoms with Crippen LogP contribution < -0.4 is 0 Å². The molecule has 8 heteroatoms. The van der Waals surface area contributed by atoms with Crippen molar-refractivity contribution in [2.45, 2.75) is 53.9 Å². The van der Waals surface area contributed by atoms with E-state index in [0.717, 1.165) is 0 Å². The molecule has 0 heterocycles. The smallest absolute Gasteiger partial charge is 0.324 e. The maximum Gasteiger partial charge on any atom is 0.324 e. The summed E-state index contributed by atoms with van der Waals surface area (Å²) in [6.07, 6.45) is 0.352. The summed E-state index contributed by atoms with van der Waals surface area (Å²) in [7, 11) is 0. The maximum atomic E-state index is 12.7. The van der Waals surface area contributed by atoms with Gasteiger partial charge in [0.15, 0.2) is 5.41 Å². The van der Waals surface area contributed by atoms with Gasteiger partial charge in [0.05, 0.1) is 13.2 Å². The second kappa shape index (κ2) is 9.34. The van der Waals surface area contributed by atoms with Crippen molar-refractivity contribution in [2.24, 2.45) is 10.8 Å². The molecule has 8 nitrogen and oxygen atoms in total. The Kier molecular flexibility index (Phi) is 8.57.